The molecular weight excluding hydrogens is 525 g/mol. The molecule has 0 saturated carbocycles. The van der Waals surface area contributed by atoms with Crippen LogP contribution in [-0.4, -0.2) is 15.5 Å². The van der Waals surface area contributed by atoms with Crippen LogP contribution in [-0.2, 0) is 21.7 Å². The fourth-order valence-corrected chi connectivity index (χ4v) is 13.5. The van der Waals surface area contributed by atoms with Crippen LogP contribution in [0.4, 0.5) is 0 Å². The van der Waals surface area contributed by atoms with Crippen LogP contribution >= 0.6 is 7.05 Å². The zero-order valence-corrected chi connectivity index (χ0v) is 28.6. The van der Waals surface area contributed by atoms with Gasteiger partial charge in [-0.2, -0.15) is 0 Å². The van der Waals surface area contributed by atoms with E-state index in [0.717, 1.165) is 28.7 Å². The molecule has 0 saturated heterocycles. The van der Waals surface area contributed by atoms with Crippen LogP contribution < -0.4 is 0 Å². The Hall–Kier alpha value is -1.66. The zero-order chi connectivity index (χ0) is 28.6. The van der Waals surface area contributed by atoms with Gasteiger partial charge < -0.3 is 0 Å². The number of hydrogen-bond donors (Lipinski definition) is 0. The van der Waals surface area contributed by atoms with E-state index in [-0.39, 0.29) is 37.2 Å². The van der Waals surface area contributed by atoms with Crippen molar-refractivity contribution >= 4 is 18.2 Å². The van der Waals surface area contributed by atoms with Crippen LogP contribution in [0.5, 0.6) is 0 Å². The molecule has 0 amide bonds. The summed E-state index contributed by atoms with van der Waals surface area (Å²) in [7, 11) is -1.64. The molecule has 0 bridgehead atoms. The number of hydrogen-bond acceptors (Lipinski definition) is 1. The summed E-state index contributed by atoms with van der Waals surface area (Å²) in [6.07, 6.45) is 11.2. The standard InChI is InChI=1S/C20H38NP.C16H14.Ti/c1-10-18(4,5)22(19(6,7)11-2,20(8,9)12-3)21-17-15-13-14-16-17;1-13(15-9-5-3-6-10-15)14(2)16-11-7-4-8-12-16;/h13-15H,10-12,16H2,1-9H3;3-12H,1-2H2;. The van der Waals surface area contributed by atoms with E-state index in [1.807, 2.05) is 36.4 Å². The first-order chi connectivity index (χ1) is 17.8. The summed E-state index contributed by atoms with van der Waals surface area (Å²) in [5.41, 5.74) is 5.50. The molecule has 3 rings (SSSR count). The molecule has 0 atom stereocenters. The SMILES string of the molecule is C=C(C(=C)c1ccccc1)c1ccccc1.CCC(C)(C)P(=NC1=CC=CC1)(C(C)(C)CC)C(C)(C)CC.[Ti]. The minimum absolute atomic E-state index is 0. The summed E-state index contributed by atoms with van der Waals surface area (Å²) in [5, 5.41) is 0.778. The Morgan fingerprint density at radius 1 is 0.692 bits per heavy atom. The van der Waals surface area contributed by atoms with E-state index >= 15 is 0 Å². The predicted octanol–water partition coefficient (Wildman–Crippen LogP) is 12.0. The van der Waals surface area contributed by atoms with Crippen molar-refractivity contribution in [3.63, 3.8) is 0 Å². The molecule has 2 aromatic rings. The first-order valence-corrected chi connectivity index (χ1v) is 16.0. The molecule has 210 valence electrons. The second-order valence-electron chi connectivity index (χ2n) is 12.2. The average Bonchev–Trinajstić information content (AvgIpc) is 3.45. The van der Waals surface area contributed by atoms with Gasteiger partial charge in [-0.3, -0.25) is 4.74 Å². The van der Waals surface area contributed by atoms with Gasteiger partial charge in [-0.1, -0.05) is 148 Å². The normalized spacial score (nSPS) is 13.5. The maximum absolute atomic E-state index is 5.64. The van der Waals surface area contributed by atoms with E-state index in [2.05, 4.69) is 118 Å². The molecule has 0 heterocycles. The Balaban J connectivity index is 0.000000396. The molecule has 3 heteroatoms. The van der Waals surface area contributed by atoms with Crippen molar-refractivity contribution in [3.8, 4) is 0 Å². The van der Waals surface area contributed by atoms with Gasteiger partial charge in [0.05, 0.1) is 0 Å². The molecule has 1 aliphatic carbocycles. The summed E-state index contributed by atoms with van der Waals surface area (Å²) < 4.78 is 5.64. The summed E-state index contributed by atoms with van der Waals surface area (Å²) in [6.45, 7) is 30.1. The molecule has 0 unspecified atom stereocenters. The number of benzene rings is 2. The monoisotopic (exact) mass is 577 g/mol. The third-order valence-electron chi connectivity index (χ3n) is 8.86. The van der Waals surface area contributed by atoms with Crippen LogP contribution in [0.2, 0.25) is 0 Å². The van der Waals surface area contributed by atoms with Crippen molar-refractivity contribution < 1.29 is 21.7 Å². The first-order valence-electron chi connectivity index (χ1n) is 14.3. The van der Waals surface area contributed by atoms with Crippen molar-refractivity contribution in [1.82, 2.24) is 0 Å². The molecule has 0 radical (unpaired) electrons. The van der Waals surface area contributed by atoms with Crippen molar-refractivity contribution in [2.75, 3.05) is 0 Å². The summed E-state index contributed by atoms with van der Waals surface area (Å²) in [4.78, 5) is 0. The van der Waals surface area contributed by atoms with Crippen LogP contribution in [0.3, 0.4) is 0 Å². The van der Waals surface area contributed by atoms with Gasteiger partial charge >= 0.3 is 0 Å². The van der Waals surface area contributed by atoms with Gasteiger partial charge in [-0.05, 0) is 54.7 Å². The van der Waals surface area contributed by atoms with Crippen LogP contribution in [0.15, 0.2) is 102 Å². The van der Waals surface area contributed by atoms with E-state index in [1.54, 1.807) is 0 Å². The smallest absolute Gasteiger partial charge is 0.0425 e. The molecule has 39 heavy (non-hydrogen) atoms. The molecule has 2 aromatic carbocycles. The number of rotatable bonds is 10. The summed E-state index contributed by atoms with van der Waals surface area (Å²) in [6, 6.07) is 20.3. The van der Waals surface area contributed by atoms with Crippen molar-refractivity contribution in [1.29, 1.82) is 0 Å². The maximum Gasteiger partial charge on any atom is 0.0425 e. The van der Waals surface area contributed by atoms with Crippen LogP contribution in [0.1, 0.15) is 99.1 Å². The molecule has 0 aliphatic heterocycles. The molecule has 0 N–H and O–H groups in total. The third kappa shape index (κ3) is 7.76. The van der Waals surface area contributed by atoms with Crippen molar-refractivity contribution in [2.24, 2.45) is 4.74 Å². The van der Waals surface area contributed by atoms with Gasteiger partial charge in [0.15, 0.2) is 0 Å². The van der Waals surface area contributed by atoms with Crippen LogP contribution in [0.25, 0.3) is 11.1 Å². The second-order valence-corrected chi connectivity index (χ2v) is 17.3. The Morgan fingerprint density at radius 2 is 1.05 bits per heavy atom. The van der Waals surface area contributed by atoms with Crippen molar-refractivity contribution in [2.45, 2.75) is 103 Å². The molecule has 1 aliphatic rings. The summed E-state index contributed by atoms with van der Waals surface area (Å²) in [5.74, 6) is 0. The predicted molar refractivity (Wildman–Crippen MR) is 175 cm³/mol. The third-order valence-corrected chi connectivity index (χ3v) is 15.6. The van der Waals surface area contributed by atoms with Crippen molar-refractivity contribution in [3.05, 3.63) is 109 Å². The van der Waals surface area contributed by atoms with Gasteiger partial charge in [0.1, 0.15) is 0 Å². The minimum Gasteiger partial charge on any atom is -0.270 e. The Morgan fingerprint density at radius 3 is 1.33 bits per heavy atom. The first kappa shape index (κ1) is 35.4. The van der Waals surface area contributed by atoms with E-state index in [9.17, 15) is 0 Å². The molecule has 0 spiro atoms. The fraction of sp³-hybridized carbons (Fsp3) is 0.444. The molecule has 0 aromatic heterocycles. The van der Waals surface area contributed by atoms with Crippen LogP contribution in [0, 0.1) is 0 Å². The zero-order valence-electron chi connectivity index (χ0n) is 26.1. The molecular formula is C36H52NPTi. The molecule has 1 nitrogen and oxygen atoms in total. The van der Waals surface area contributed by atoms with E-state index < -0.39 is 7.05 Å². The largest absolute Gasteiger partial charge is 0.270 e. The number of allylic oxidation sites excluding steroid dienone is 5. The van der Waals surface area contributed by atoms with E-state index in [0.29, 0.717) is 0 Å². The quantitative estimate of drug-likeness (QED) is 0.151. The Labute approximate surface area is 255 Å². The van der Waals surface area contributed by atoms with Gasteiger partial charge in [0, 0.05) is 49.3 Å². The van der Waals surface area contributed by atoms with Gasteiger partial charge in [-0.25, -0.2) is 0 Å². The minimum atomic E-state index is -1.64. The Bertz CT molecular complexity index is 1100. The molecule has 0 fully saturated rings. The van der Waals surface area contributed by atoms with Gasteiger partial charge in [-0.15, -0.1) is 0 Å². The second kappa shape index (κ2) is 14.8. The average molecular weight is 578 g/mol. The topological polar surface area (TPSA) is 12.4 Å². The van der Waals surface area contributed by atoms with Gasteiger partial charge in [0.2, 0.25) is 0 Å². The van der Waals surface area contributed by atoms with E-state index in [4.69, 9.17) is 4.74 Å². The van der Waals surface area contributed by atoms with Gasteiger partial charge in [0.25, 0.3) is 0 Å². The maximum atomic E-state index is 5.64. The summed E-state index contributed by atoms with van der Waals surface area (Å²) >= 11 is 0. The van der Waals surface area contributed by atoms with E-state index in [1.165, 1.54) is 25.0 Å². The Kier molecular flexibility index (Phi) is 13.4. The fourth-order valence-electron chi connectivity index (χ4n) is 5.88. The number of nitrogens with zero attached hydrogens (tertiary/aromatic N) is 1.